The molecule has 0 aromatic heterocycles. The number of fused-ring (bicyclic) bond motifs is 1. The Morgan fingerprint density at radius 2 is 1.96 bits per heavy atom. The minimum atomic E-state index is -1.33. The fourth-order valence-electron chi connectivity index (χ4n) is 2.56. The van der Waals surface area contributed by atoms with Gasteiger partial charge in [-0.1, -0.05) is 0 Å². The molecule has 0 aliphatic carbocycles. The third-order valence-electron chi connectivity index (χ3n) is 3.76. The van der Waals surface area contributed by atoms with Gasteiger partial charge < -0.3 is 20.3 Å². The van der Waals surface area contributed by atoms with Crippen LogP contribution in [-0.2, 0) is 9.59 Å². The van der Waals surface area contributed by atoms with Crippen molar-refractivity contribution >= 4 is 23.6 Å². The van der Waals surface area contributed by atoms with E-state index in [2.05, 4.69) is 5.32 Å². The summed E-state index contributed by atoms with van der Waals surface area (Å²) in [5.74, 6) is -2.97. The zero-order valence-electron chi connectivity index (χ0n) is 13.9. The lowest BCUT2D eigenvalue weighted by molar-refractivity contribution is -0.140. The summed E-state index contributed by atoms with van der Waals surface area (Å²) in [7, 11) is 0. The number of amides is 1. The number of ketones is 1. The number of nitrogens with one attached hydrogen (secondary N) is 1. The number of aliphatic carboxylic acids is 2. The first kappa shape index (κ1) is 18.4. The zero-order valence-corrected chi connectivity index (χ0v) is 13.9. The van der Waals surface area contributed by atoms with Crippen molar-refractivity contribution in [3.63, 3.8) is 0 Å². The van der Waals surface area contributed by atoms with Gasteiger partial charge in [0.1, 0.15) is 17.4 Å². The molecule has 134 valence electrons. The second kappa shape index (κ2) is 6.92. The molecule has 0 saturated heterocycles. The number of carbonyl (C=O) groups is 4. The number of hydrogen-bond acceptors (Lipinski definition) is 5. The highest BCUT2D eigenvalue weighted by atomic mass is 16.5. The largest absolute Gasteiger partial charge is 0.487 e. The average Bonchev–Trinajstić information content (AvgIpc) is 2.49. The molecule has 1 aromatic carbocycles. The summed E-state index contributed by atoms with van der Waals surface area (Å²) in [5, 5.41) is 20.0. The van der Waals surface area contributed by atoms with E-state index in [9.17, 15) is 19.2 Å². The predicted molar refractivity (Wildman–Crippen MR) is 85.9 cm³/mol. The average molecular weight is 349 g/mol. The van der Waals surface area contributed by atoms with Crippen molar-refractivity contribution in [2.45, 2.75) is 44.8 Å². The molecule has 1 aliphatic rings. The minimum Gasteiger partial charge on any atom is -0.487 e. The van der Waals surface area contributed by atoms with Gasteiger partial charge in [-0.3, -0.25) is 14.4 Å². The summed E-state index contributed by atoms with van der Waals surface area (Å²) in [5.41, 5.74) is -0.250. The first-order chi connectivity index (χ1) is 11.6. The van der Waals surface area contributed by atoms with Crippen LogP contribution in [0.4, 0.5) is 0 Å². The Hall–Kier alpha value is -2.90. The van der Waals surface area contributed by atoms with E-state index in [1.807, 2.05) is 0 Å². The highest BCUT2D eigenvalue weighted by Crippen LogP contribution is 2.33. The van der Waals surface area contributed by atoms with Crippen LogP contribution in [0.2, 0.25) is 0 Å². The molecule has 0 saturated carbocycles. The maximum absolute atomic E-state index is 12.3. The third-order valence-corrected chi connectivity index (χ3v) is 3.76. The Morgan fingerprint density at radius 1 is 1.28 bits per heavy atom. The molecule has 1 atom stereocenters. The predicted octanol–water partition coefficient (Wildman–Crippen LogP) is 1.48. The monoisotopic (exact) mass is 349 g/mol. The van der Waals surface area contributed by atoms with Gasteiger partial charge in [0.25, 0.3) is 5.91 Å². The van der Waals surface area contributed by atoms with Gasteiger partial charge in [0, 0.05) is 12.0 Å². The molecule has 8 heteroatoms. The summed E-state index contributed by atoms with van der Waals surface area (Å²) in [4.78, 5) is 46.2. The number of hydrogen-bond donors (Lipinski definition) is 3. The first-order valence-corrected chi connectivity index (χ1v) is 7.71. The number of ether oxygens (including phenoxy) is 1. The van der Waals surface area contributed by atoms with Crippen molar-refractivity contribution < 1.29 is 34.1 Å². The minimum absolute atomic E-state index is 0.108. The molecule has 0 fully saturated rings. The molecule has 2 rings (SSSR count). The molecule has 25 heavy (non-hydrogen) atoms. The van der Waals surface area contributed by atoms with Gasteiger partial charge in [-0.25, -0.2) is 4.79 Å². The number of carboxylic acid groups (broad SMARTS) is 2. The highest BCUT2D eigenvalue weighted by Gasteiger charge is 2.33. The molecule has 0 radical (unpaired) electrons. The van der Waals surface area contributed by atoms with Gasteiger partial charge in [-0.15, -0.1) is 0 Å². The van der Waals surface area contributed by atoms with Crippen LogP contribution in [-0.4, -0.2) is 45.5 Å². The second-order valence-corrected chi connectivity index (χ2v) is 6.47. The summed E-state index contributed by atoms with van der Waals surface area (Å²) in [6.45, 7) is 3.57. The quantitative estimate of drug-likeness (QED) is 0.709. The first-order valence-electron chi connectivity index (χ1n) is 7.71. The lowest BCUT2D eigenvalue weighted by Gasteiger charge is -2.31. The second-order valence-electron chi connectivity index (χ2n) is 6.47. The normalized spacial score (nSPS) is 16.3. The summed E-state index contributed by atoms with van der Waals surface area (Å²) in [6.07, 6.45) is -0.456. The Bertz CT molecular complexity index is 739. The van der Waals surface area contributed by atoms with Gasteiger partial charge in [0.05, 0.1) is 12.0 Å². The van der Waals surface area contributed by atoms with Crippen molar-refractivity contribution in [3.8, 4) is 5.75 Å². The van der Waals surface area contributed by atoms with E-state index in [0.717, 1.165) is 0 Å². The maximum atomic E-state index is 12.3. The van der Waals surface area contributed by atoms with Crippen LogP contribution in [0, 0.1) is 0 Å². The summed E-state index contributed by atoms with van der Waals surface area (Å²) >= 11 is 0. The SMILES string of the molecule is CC1(C)CC(=O)c2cc(C(=O)NC(CCC(=O)O)C(=O)O)ccc2O1. The van der Waals surface area contributed by atoms with Gasteiger partial charge in [-0.2, -0.15) is 0 Å². The number of Topliss-reactive ketones (excluding diaryl/α,β-unsaturated/α-hetero) is 1. The van der Waals surface area contributed by atoms with Gasteiger partial charge >= 0.3 is 11.9 Å². The number of rotatable bonds is 6. The van der Waals surface area contributed by atoms with Gasteiger partial charge in [0.15, 0.2) is 5.78 Å². The van der Waals surface area contributed by atoms with Crippen LogP contribution in [0.15, 0.2) is 18.2 Å². The van der Waals surface area contributed by atoms with Crippen LogP contribution in [0.1, 0.15) is 53.8 Å². The Morgan fingerprint density at radius 3 is 2.56 bits per heavy atom. The van der Waals surface area contributed by atoms with Crippen LogP contribution < -0.4 is 10.1 Å². The maximum Gasteiger partial charge on any atom is 0.326 e. The summed E-state index contributed by atoms with van der Waals surface area (Å²) < 4.78 is 5.70. The Kier molecular flexibility index (Phi) is 5.10. The topological polar surface area (TPSA) is 130 Å². The van der Waals surface area contributed by atoms with Crippen molar-refractivity contribution in [1.82, 2.24) is 5.32 Å². The Balaban J connectivity index is 2.17. The standard InChI is InChI=1S/C17H19NO7/c1-17(2)8-12(19)10-7-9(3-5-13(10)25-17)15(22)18-11(16(23)24)4-6-14(20)21/h3,5,7,11H,4,6,8H2,1-2H3,(H,18,22)(H,20,21)(H,23,24). The van der Waals surface area contributed by atoms with E-state index >= 15 is 0 Å². The van der Waals surface area contributed by atoms with Crippen LogP contribution in [0.25, 0.3) is 0 Å². The molecule has 1 aromatic rings. The highest BCUT2D eigenvalue weighted by molar-refractivity contribution is 6.04. The zero-order chi connectivity index (χ0) is 18.8. The number of carboxylic acids is 2. The van der Waals surface area contributed by atoms with Crippen molar-refractivity contribution in [1.29, 1.82) is 0 Å². The van der Waals surface area contributed by atoms with Crippen LogP contribution >= 0.6 is 0 Å². The van der Waals surface area contributed by atoms with E-state index in [1.54, 1.807) is 13.8 Å². The fraction of sp³-hybridized carbons (Fsp3) is 0.412. The number of benzene rings is 1. The van der Waals surface area contributed by atoms with Crippen molar-refractivity contribution in [2.24, 2.45) is 0 Å². The summed E-state index contributed by atoms with van der Waals surface area (Å²) in [6, 6.07) is 2.96. The molecule has 1 heterocycles. The Labute approximate surface area is 143 Å². The van der Waals surface area contributed by atoms with E-state index in [0.29, 0.717) is 5.75 Å². The molecule has 0 bridgehead atoms. The van der Waals surface area contributed by atoms with Crippen molar-refractivity contribution in [3.05, 3.63) is 29.3 Å². The molecule has 8 nitrogen and oxygen atoms in total. The van der Waals surface area contributed by atoms with Gasteiger partial charge in [0.2, 0.25) is 0 Å². The van der Waals surface area contributed by atoms with E-state index < -0.39 is 29.5 Å². The number of carbonyl (C=O) groups excluding carboxylic acids is 2. The fourth-order valence-corrected chi connectivity index (χ4v) is 2.56. The smallest absolute Gasteiger partial charge is 0.326 e. The molecule has 3 N–H and O–H groups in total. The van der Waals surface area contributed by atoms with E-state index in [1.165, 1.54) is 18.2 Å². The molecular formula is C17H19NO7. The molecular weight excluding hydrogens is 330 g/mol. The van der Waals surface area contributed by atoms with E-state index in [4.69, 9.17) is 14.9 Å². The molecule has 1 aliphatic heterocycles. The lowest BCUT2D eigenvalue weighted by atomic mass is 9.92. The molecule has 1 unspecified atom stereocenters. The molecule has 1 amide bonds. The van der Waals surface area contributed by atoms with Gasteiger partial charge in [-0.05, 0) is 38.5 Å². The van der Waals surface area contributed by atoms with Crippen LogP contribution in [0.3, 0.4) is 0 Å². The molecule has 0 spiro atoms. The lowest BCUT2D eigenvalue weighted by Crippen LogP contribution is -2.41. The van der Waals surface area contributed by atoms with Crippen LogP contribution in [0.5, 0.6) is 5.75 Å². The third kappa shape index (κ3) is 4.56. The van der Waals surface area contributed by atoms with Crippen molar-refractivity contribution in [2.75, 3.05) is 0 Å². The van der Waals surface area contributed by atoms with E-state index in [-0.39, 0.29) is 36.2 Å².